The minimum absolute atomic E-state index is 0.0603. The van der Waals surface area contributed by atoms with Crippen LogP contribution in [0.2, 0.25) is 0 Å². The van der Waals surface area contributed by atoms with Gasteiger partial charge in [-0.2, -0.15) is 0 Å². The summed E-state index contributed by atoms with van der Waals surface area (Å²) in [4.78, 5) is 71.4. The van der Waals surface area contributed by atoms with Gasteiger partial charge in [-0.15, -0.1) is 0 Å². The third-order valence-electron chi connectivity index (χ3n) is 6.43. The molecule has 41 heavy (non-hydrogen) atoms. The number of imide groups is 1. The Morgan fingerprint density at radius 3 is 2.56 bits per heavy atom. The number of H-pyrrole nitrogens is 1. The van der Waals surface area contributed by atoms with Gasteiger partial charge in [0.2, 0.25) is 11.9 Å². The first-order valence-electron chi connectivity index (χ1n) is 13.0. The predicted octanol–water partition coefficient (Wildman–Crippen LogP) is 1.51. The molecule has 14 nitrogen and oxygen atoms in total. The number of carboxylic acid groups (broad SMARTS) is 1. The first-order valence-corrected chi connectivity index (χ1v) is 13.0. The number of hydrogen-bond acceptors (Lipinski definition) is 8. The number of nitrogens with zero attached hydrogens (tertiary/aromatic N) is 3. The largest absolute Gasteiger partial charge is 0.480 e. The summed E-state index contributed by atoms with van der Waals surface area (Å²) in [6, 6.07) is 13.6. The van der Waals surface area contributed by atoms with Crippen molar-refractivity contribution in [3.8, 4) is 0 Å². The van der Waals surface area contributed by atoms with Crippen molar-refractivity contribution in [1.82, 2.24) is 30.4 Å². The molecule has 0 bridgehead atoms. The number of imidazole rings is 1. The van der Waals surface area contributed by atoms with Gasteiger partial charge in [0.15, 0.2) is 0 Å². The van der Waals surface area contributed by atoms with Crippen LogP contribution in [-0.2, 0) is 25.7 Å². The molecule has 1 saturated heterocycles. The number of urea groups is 1. The Morgan fingerprint density at radius 2 is 1.83 bits per heavy atom. The van der Waals surface area contributed by atoms with E-state index in [1.54, 1.807) is 37.3 Å². The fraction of sp³-hybridized carbons (Fsp3) is 0.333. The number of carbonyl (C=O) groups excluding carboxylic acids is 4. The highest BCUT2D eigenvalue weighted by Crippen LogP contribution is 2.18. The number of hydrogen-bond donors (Lipinski definition) is 5. The smallest absolute Gasteiger partial charge is 0.408 e. The Kier molecular flexibility index (Phi) is 9.35. The summed E-state index contributed by atoms with van der Waals surface area (Å²) >= 11 is 0. The molecule has 2 heterocycles. The quantitative estimate of drug-likeness (QED) is 0.151. The molecular weight excluding hydrogens is 534 g/mol. The SMILES string of the molecule is CC1C(=O)N(CC(=O)NCC(NC(=O)OCc2ccccc2)C(=O)O)C(=O)N1CCCNc1nc2ccccc2[nH]1. The fourth-order valence-corrected chi connectivity index (χ4v) is 4.22. The number of carboxylic acids is 1. The molecule has 2 unspecified atom stereocenters. The standard InChI is InChI=1S/C27H31N7O7/c1-17-23(36)34(27(40)33(17)13-7-12-28-25-30-19-10-5-6-11-20(19)31-25)15-22(35)29-14-21(24(37)38)32-26(39)41-16-18-8-3-2-4-9-18/h2-6,8-11,17,21H,7,12-16H2,1H3,(H,29,35)(H,32,39)(H,37,38)(H2,28,30,31). The highest BCUT2D eigenvalue weighted by molar-refractivity contribution is 6.06. The molecule has 0 spiro atoms. The summed E-state index contributed by atoms with van der Waals surface area (Å²) in [5.74, 6) is -2.09. The van der Waals surface area contributed by atoms with E-state index in [1.165, 1.54) is 4.90 Å². The third-order valence-corrected chi connectivity index (χ3v) is 6.43. The van der Waals surface area contributed by atoms with Gasteiger partial charge in [-0.25, -0.2) is 19.4 Å². The normalized spacial score (nSPS) is 15.6. The molecule has 1 aliphatic rings. The van der Waals surface area contributed by atoms with Gasteiger partial charge in [0.1, 0.15) is 25.2 Å². The van der Waals surface area contributed by atoms with E-state index in [9.17, 15) is 29.1 Å². The molecule has 14 heteroatoms. The van der Waals surface area contributed by atoms with Gasteiger partial charge in [0.25, 0.3) is 5.91 Å². The van der Waals surface area contributed by atoms with Crippen LogP contribution in [0.25, 0.3) is 11.0 Å². The van der Waals surface area contributed by atoms with Gasteiger partial charge in [-0.1, -0.05) is 42.5 Å². The summed E-state index contributed by atoms with van der Waals surface area (Å²) in [6.07, 6.45) is -0.452. The number of amides is 5. The number of aromatic nitrogens is 2. The Labute approximate surface area is 235 Å². The summed E-state index contributed by atoms with van der Waals surface area (Å²) < 4.78 is 5.02. The Hall–Kier alpha value is -5.14. The van der Waals surface area contributed by atoms with Crippen molar-refractivity contribution in [3.63, 3.8) is 0 Å². The lowest BCUT2D eigenvalue weighted by Crippen LogP contribution is -2.50. The van der Waals surface area contributed by atoms with E-state index in [0.717, 1.165) is 15.9 Å². The second-order valence-corrected chi connectivity index (χ2v) is 9.36. The second kappa shape index (κ2) is 13.3. The molecular formula is C27H31N7O7. The van der Waals surface area contributed by atoms with Gasteiger partial charge in [-0.05, 0) is 31.0 Å². The van der Waals surface area contributed by atoms with Crippen molar-refractivity contribution >= 4 is 46.9 Å². The highest BCUT2D eigenvalue weighted by atomic mass is 16.5. The van der Waals surface area contributed by atoms with Gasteiger partial charge in [-0.3, -0.25) is 14.5 Å². The number of aliphatic carboxylic acids is 1. The van der Waals surface area contributed by atoms with Crippen LogP contribution in [0.5, 0.6) is 0 Å². The molecule has 5 N–H and O–H groups in total. The lowest BCUT2D eigenvalue weighted by molar-refractivity contribution is -0.139. The maximum Gasteiger partial charge on any atom is 0.408 e. The van der Waals surface area contributed by atoms with Gasteiger partial charge >= 0.3 is 18.1 Å². The van der Waals surface area contributed by atoms with Crippen LogP contribution in [0.1, 0.15) is 18.9 Å². The Morgan fingerprint density at radius 1 is 1.10 bits per heavy atom. The van der Waals surface area contributed by atoms with Crippen LogP contribution in [-0.4, -0.2) is 93.0 Å². The highest BCUT2D eigenvalue weighted by Gasteiger charge is 2.42. The number of fused-ring (bicyclic) bond motifs is 1. The van der Waals surface area contributed by atoms with Gasteiger partial charge in [0.05, 0.1) is 11.0 Å². The molecule has 0 radical (unpaired) electrons. The predicted molar refractivity (Wildman–Crippen MR) is 147 cm³/mol. The van der Waals surface area contributed by atoms with Crippen molar-refractivity contribution in [2.24, 2.45) is 0 Å². The Balaban J connectivity index is 1.20. The molecule has 216 valence electrons. The van der Waals surface area contributed by atoms with Crippen molar-refractivity contribution in [2.75, 3.05) is 31.5 Å². The number of alkyl carbamates (subject to hydrolysis) is 1. The second-order valence-electron chi connectivity index (χ2n) is 9.36. The molecule has 1 aliphatic heterocycles. The summed E-state index contributed by atoms with van der Waals surface area (Å²) in [5.41, 5.74) is 2.44. The zero-order valence-electron chi connectivity index (χ0n) is 22.3. The average molecular weight is 566 g/mol. The van der Waals surface area contributed by atoms with Crippen molar-refractivity contribution in [1.29, 1.82) is 0 Å². The minimum atomic E-state index is -1.48. The van der Waals surface area contributed by atoms with E-state index in [1.807, 2.05) is 24.3 Å². The molecule has 2 aromatic carbocycles. The van der Waals surface area contributed by atoms with E-state index in [2.05, 4.69) is 25.9 Å². The molecule has 4 rings (SSSR count). The minimum Gasteiger partial charge on any atom is -0.480 e. The number of nitrogens with one attached hydrogen (secondary N) is 4. The van der Waals surface area contributed by atoms with E-state index in [-0.39, 0.29) is 13.2 Å². The lowest BCUT2D eigenvalue weighted by Gasteiger charge is -2.19. The van der Waals surface area contributed by atoms with Gasteiger partial charge < -0.3 is 35.7 Å². The van der Waals surface area contributed by atoms with Crippen LogP contribution in [0, 0.1) is 0 Å². The van der Waals surface area contributed by atoms with E-state index in [0.29, 0.717) is 24.5 Å². The molecule has 0 aliphatic carbocycles. The van der Waals surface area contributed by atoms with E-state index >= 15 is 0 Å². The number of rotatable bonds is 13. The average Bonchev–Trinajstić information content (AvgIpc) is 3.47. The summed E-state index contributed by atoms with van der Waals surface area (Å²) in [7, 11) is 0. The fourth-order valence-electron chi connectivity index (χ4n) is 4.22. The summed E-state index contributed by atoms with van der Waals surface area (Å²) in [5, 5.41) is 17.1. The Bertz CT molecular complexity index is 1380. The first kappa shape index (κ1) is 28.9. The van der Waals surface area contributed by atoms with E-state index in [4.69, 9.17) is 4.74 Å². The molecule has 0 saturated carbocycles. The summed E-state index contributed by atoms with van der Waals surface area (Å²) in [6.45, 7) is 1.22. The number of benzene rings is 2. The van der Waals surface area contributed by atoms with Crippen molar-refractivity contribution in [3.05, 3.63) is 60.2 Å². The molecule has 1 fully saturated rings. The van der Waals surface area contributed by atoms with Crippen LogP contribution >= 0.6 is 0 Å². The third kappa shape index (κ3) is 7.50. The number of para-hydroxylation sites is 2. The van der Waals surface area contributed by atoms with Crippen LogP contribution in [0.15, 0.2) is 54.6 Å². The first-order chi connectivity index (χ1) is 19.7. The molecule has 2 atom stereocenters. The monoisotopic (exact) mass is 565 g/mol. The van der Waals surface area contributed by atoms with Crippen molar-refractivity contribution in [2.45, 2.75) is 32.0 Å². The number of ether oxygens (including phenoxy) is 1. The molecule has 5 amide bonds. The topological polar surface area (TPSA) is 186 Å². The van der Waals surface area contributed by atoms with Gasteiger partial charge in [0, 0.05) is 19.6 Å². The molecule has 3 aromatic rings. The van der Waals surface area contributed by atoms with E-state index < -0.39 is 55.1 Å². The molecule has 1 aromatic heterocycles. The number of carbonyl (C=O) groups is 5. The number of aromatic amines is 1. The lowest BCUT2D eigenvalue weighted by atomic mass is 10.2. The van der Waals surface area contributed by atoms with Crippen LogP contribution < -0.4 is 16.0 Å². The van der Waals surface area contributed by atoms with Crippen LogP contribution in [0.4, 0.5) is 15.5 Å². The maximum absolute atomic E-state index is 12.9. The number of anilines is 1. The van der Waals surface area contributed by atoms with Crippen molar-refractivity contribution < 1.29 is 33.8 Å². The maximum atomic E-state index is 12.9. The van der Waals surface area contributed by atoms with Crippen LogP contribution in [0.3, 0.4) is 0 Å². The zero-order chi connectivity index (χ0) is 29.4. The zero-order valence-corrected chi connectivity index (χ0v) is 22.3.